The van der Waals surface area contributed by atoms with Gasteiger partial charge in [0.05, 0.1) is 24.5 Å². The number of rotatable bonds is 5. The summed E-state index contributed by atoms with van der Waals surface area (Å²) in [4.78, 5) is 28.6. The predicted octanol–water partition coefficient (Wildman–Crippen LogP) is 1.61. The standard InChI is InChI=1S/C24H34N10O/c1-14-11-33(12-15(2)27-14)24-29-19-21(32-6-8-35-9-7-32)30-20(18-10-26-23(25)28-16(18)3)31-22(19)34(24)13-17-4-5-17/h10,14-15,17,27H,4-9,11-13H2,1-3H3,(H2,25,26,28). The Hall–Kier alpha value is -3.05. The minimum Gasteiger partial charge on any atom is -0.378 e. The first-order valence-corrected chi connectivity index (χ1v) is 12.7. The molecule has 3 aromatic heterocycles. The number of nitrogens with two attached hydrogens (primary N) is 1. The van der Waals surface area contributed by atoms with Gasteiger partial charge in [0.1, 0.15) is 0 Å². The Kier molecular flexibility index (Phi) is 5.68. The molecule has 0 amide bonds. The molecular formula is C24H34N10O. The first-order chi connectivity index (χ1) is 17.0. The van der Waals surface area contributed by atoms with Gasteiger partial charge in [0.25, 0.3) is 0 Å². The molecule has 0 spiro atoms. The Bertz CT molecular complexity index is 1220. The van der Waals surface area contributed by atoms with Crippen molar-refractivity contribution in [1.29, 1.82) is 0 Å². The van der Waals surface area contributed by atoms with Crippen LogP contribution in [-0.2, 0) is 11.3 Å². The zero-order chi connectivity index (χ0) is 24.1. The lowest BCUT2D eigenvalue weighted by molar-refractivity contribution is 0.122. The highest BCUT2D eigenvalue weighted by atomic mass is 16.5. The van der Waals surface area contributed by atoms with E-state index in [4.69, 9.17) is 25.4 Å². The molecule has 35 heavy (non-hydrogen) atoms. The molecule has 1 saturated carbocycles. The lowest BCUT2D eigenvalue weighted by Gasteiger charge is -2.36. The molecule has 3 fully saturated rings. The maximum atomic E-state index is 5.83. The second-order valence-electron chi connectivity index (χ2n) is 10.2. The van der Waals surface area contributed by atoms with E-state index in [9.17, 15) is 0 Å². The van der Waals surface area contributed by atoms with Crippen LogP contribution in [0.25, 0.3) is 22.6 Å². The van der Waals surface area contributed by atoms with Crippen molar-refractivity contribution in [1.82, 2.24) is 34.8 Å². The van der Waals surface area contributed by atoms with Crippen LogP contribution in [0.15, 0.2) is 6.20 Å². The summed E-state index contributed by atoms with van der Waals surface area (Å²) < 4.78 is 7.96. The fraction of sp³-hybridized carbons (Fsp3) is 0.625. The number of nitrogen functional groups attached to an aromatic ring is 1. The summed E-state index contributed by atoms with van der Waals surface area (Å²) in [7, 11) is 0. The quantitative estimate of drug-likeness (QED) is 0.559. The highest BCUT2D eigenvalue weighted by Gasteiger charge is 2.32. The van der Waals surface area contributed by atoms with Crippen LogP contribution in [0.2, 0.25) is 0 Å². The molecule has 11 heteroatoms. The van der Waals surface area contributed by atoms with Crippen molar-refractivity contribution in [3.63, 3.8) is 0 Å². The van der Waals surface area contributed by atoms with E-state index in [0.29, 0.717) is 37.0 Å². The molecule has 6 rings (SSSR count). The van der Waals surface area contributed by atoms with Crippen molar-refractivity contribution in [3.05, 3.63) is 11.9 Å². The summed E-state index contributed by atoms with van der Waals surface area (Å²) in [6, 6.07) is 0.783. The van der Waals surface area contributed by atoms with Crippen molar-refractivity contribution in [3.8, 4) is 11.4 Å². The van der Waals surface area contributed by atoms with Gasteiger partial charge in [-0.25, -0.2) is 24.9 Å². The number of aryl methyl sites for hydroxylation is 1. The van der Waals surface area contributed by atoms with Crippen LogP contribution in [0, 0.1) is 12.8 Å². The fourth-order valence-electron chi connectivity index (χ4n) is 5.25. The highest BCUT2D eigenvalue weighted by molar-refractivity contribution is 5.88. The second kappa shape index (κ2) is 8.87. The molecule has 2 atom stereocenters. The van der Waals surface area contributed by atoms with E-state index in [-0.39, 0.29) is 5.95 Å². The number of morpholine rings is 1. The van der Waals surface area contributed by atoms with Gasteiger partial charge in [-0.2, -0.15) is 0 Å². The van der Waals surface area contributed by atoms with Gasteiger partial charge in [-0.1, -0.05) is 0 Å². The molecule has 3 N–H and O–H groups in total. The monoisotopic (exact) mass is 478 g/mol. The Morgan fingerprint density at radius 3 is 2.46 bits per heavy atom. The first kappa shape index (κ1) is 22.4. The molecule has 11 nitrogen and oxygen atoms in total. The largest absolute Gasteiger partial charge is 0.378 e. The Balaban J connectivity index is 1.55. The topological polar surface area (TPSA) is 123 Å². The van der Waals surface area contributed by atoms with Crippen LogP contribution < -0.4 is 20.9 Å². The normalized spacial score (nSPS) is 23.3. The number of nitrogens with one attached hydrogen (secondary N) is 1. The van der Waals surface area contributed by atoms with Crippen molar-refractivity contribution < 1.29 is 4.74 Å². The summed E-state index contributed by atoms with van der Waals surface area (Å²) in [6.07, 6.45) is 4.24. The number of imidazole rings is 1. The number of nitrogens with zero attached hydrogens (tertiary/aromatic N) is 8. The van der Waals surface area contributed by atoms with E-state index in [1.54, 1.807) is 6.20 Å². The molecule has 0 radical (unpaired) electrons. The average molecular weight is 479 g/mol. The summed E-state index contributed by atoms with van der Waals surface area (Å²) >= 11 is 0. The van der Waals surface area contributed by atoms with Gasteiger partial charge in [-0.05, 0) is 39.5 Å². The Morgan fingerprint density at radius 1 is 1.03 bits per heavy atom. The third-order valence-corrected chi connectivity index (χ3v) is 7.08. The molecule has 3 aliphatic rings. The second-order valence-corrected chi connectivity index (χ2v) is 10.2. The van der Waals surface area contributed by atoms with E-state index >= 15 is 0 Å². The van der Waals surface area contributed by atoms with Crippen LogP contribution in [0.3, 0.4) is 0 Å². The van der Waals surface area contributed by atoms with Crippen molar-refractivity contribution >= 4 is 28.9 Å². The van der Waals surface area contributed by atoms with Crippen LogP contribution >= 0.6 is 0 Å². The number of aromatic nitrogens is 6. The van der Waals surface area contributed by atoms with Crippen LogP contribution in [0.1, 0.15) is 32.4 Å². The first-order valence-electron chi connectivity index (χ1n) is 12.7. The van der Waals surface area contributed by atoms with Crippen LogP contribution in [-0.4, -0.2) is 81.0 Å². The average Bonchev–Trinajstić information content (AvgIpc) is 3.58. The predicted molar refractivity (Wildman–Crippen MR) is 136 cm³/mol. The number of hydrogen-bond donors (Lipinski definition) is 2. The molecule has 186 valence electrons. The maximum absolute atomic E-state index is 5.83. The van der Waals surface area contributed by atoms with Gasteiger partial charge in [0.2, 0.25) is 11.9 Å². The molecule has 2 saturated heterocycles. The van der Waals surface area contributed by atoms with Crippen LogP contribution in [0.4, 0.5) is 17.7 Å². The van der Waals surface area contributed by atoms with Crippen molar-refractivity contribution in [2.75, 3.05) is 54.9 Å². The molecular weight excluding hydrogens is 444 g/mol. The molecule has 0 aromatic carbocycles. The van der Waals surface area contributed by atoms with Gasteiger partial charge in [0.15, 0.2) is 22.8 Å². The zero-order valence-corrected chi connectivity index (χ0v) is 20.7. The molecule has 5 heterocycles. The Labute approximate surface area is 205 Å². The summed E-state index contributed by atoms with van der Waals surface area (Å²) in [5, 5.41) is 3.64. The van der Waals surface area contributed by atoms with Crippen LogP contribution in [0.5, 0.6) is 0 Å². The fourth-order valence-corrected chi connectivity index (χ4v) is 5.25. The van der Waals surface area contributed by atoms with Crippen molar-refractivity contribution in [2.24, 2.45) is 5.92 Å². The summed E-state index contributed by atoms with van der Waals surface area (Å²) in [5.74, 6) is 3.40. The third-order valence-electron chi connectivity index (χ3n) is 7.08. The molecule has 1 aliphatic carbocycles. The van der Waals surface area contributed by atoms with Gasteiger partial charge in [-0.15, -0.1) is 0 Å². The molecule has 2 aliphatic heterocycles. The van der Waals surface area contributed by atoms with E-state index in [2.05, 4.69) is 43.5 Å². The minimum atomic E-state index is 0.253. The van der Waals surface area contributed by atoms with E-state index in [1.165, 1.54) is 12.8 Å². The third kappa shape index (κ3) is 4.38. The highest BCUT2D eigenvalue weighted by Crippen LogP contribution is 2.37. The Morgan fingerprint density at radius 2 is 1.77 bits per heavy atom. The lowest BCUT2D eigenvalue weighted by atomic mass is 10.1. The molecule has 2 unspecified atom stereocenters. The number of fused-ring (bicyclic) bond motifs is 1. The number of ether oxygens (including phenoxy) is 1. The van der Waals surface area contributed by atoms with Gasteiger partial charge in [0, 0.05) is 51.0 Å². The van der Waals surface area contributed by atoms with Gasteiger partial charge >= 0.3 is 0 Å². The number of hydrogen-bond acceptors (Lipinski definition) is 10. The van der Waals surface area contributed by atoms with E-state index in [0.717, 1.165) is 66.9 Å². The molecule has 3 aromatic rings. The lowest BCUT2D eigenvalue weighted by Crippen LogP contribution is -2.55. The van der Waals surface area contributed by atoms with Gasteiger partial charge in [-0.3, -0.25) is 4.57 Å². The smallest absolute Gasteiger partial charge is 0.220 e. The minimum absolute atomic E-state index is 0.253. The zero-order valence-electron chi connectivity index (χ0n) is 20.7. The van der Waals surface area contributed by atoms with Gasteiger partial charge < -0.3 is 25.6 Å². The molecule has 0 bridgehead atoms. The summed E-state index contributed by atoms with van der Waals surface area (Å²) in [5.41, 5.74) is 9.13. The number of anilines is 3. The van der Waals surface area contributed by atoms with E-state index < -0.39 is 0 Å². The SMILES string of the molecule is Cc1nc(N)ncc1-c1nc(N2CCOCC2)c2nc(N3CC(C)NC(C)C3)n(CC3CC3)c2n1. The van der Waals surface area contributed by atoms with E-state index in [1.807, 2.05) is 6.92 Å². The summed E-state index contributed by atoms with van der Waals surface area (Å²) in [6.45, 7) is 12.0. The number of piperazine rings is 1. The van der Waals surface area contributed by atoms with Crippen molar-refractivity contribution in [2.45, 2.75) is 52.2 Å². The maximum Gasteiger partial charge on any atom is 0.220 e.